The Kier molecular flexibility index (Phi) is 5.60. The smallest absolute Gasteiger partial charge is 0.240 e. The molecule has 3 rings (SSSR count). The predicted octanol–water partition coefficient (Wildman–Crippen LogP) is 3.50. The third-order valence-electron chi connectivity index (χ3n) is 4.94. The number of aromatic nitrogens is 1. The molecule has 2 aromatic carbocycles. The van der Waals surface area contributed by atoms with Crippen molar-refractivity contribution in [1.82, 2.24) is 10.3 Å². The van der Waals surface area contributed by atoms with Gasteiger partial charge in [0.2, 0.25) is 11.8 Å². The van der Waals surface area contributed by atoms with Crippen LogP contribution in [0.4, 0.5) is 5.69 Å². The van der Waals surface area contributed by atoms with E-state index in [1.54, 1.807) is 0 Å². The first-order chi connectivity index (χ1) is 13.0. The average molecular weight is 363 g/mol. The summed E-state index contributed by atoms with van der Waals surface area (Å²) in [7, 11) is 0. The third kappa shape index (κ3) is 4.19. The number of aryl methyl sites for hydroxylation is 1. The Morgan fingerprint density at radius 2 is 1.85 bits per heavy atom. The molecule has 5 nitrogen and oxygen atoms in total. The molecular weight excluding hydrogens is 338 g/mol. The summed E-state index contributed by atoms with van der Waals surface area (Å²) in [4.78, 5) is 29.3. The Morgan fingerprint density at radius 3 is 2.63 bits per heavy atom. The van der Waals surface area contributed by atoms with Gasteiger partial charge in [0.15, 0.2) is 0 Å². The summed E-state index contributed by atoms with van der Waals surface area (Å²) in [6.45, 7) is 6.00. The lowest BCUT2D eigenvalue weighted by Crippen LogP contribution is -2.40. The van der Waals surface area contributed by atoms with Gasteiger partial charge in [0, 0.05) is 36.3 Å². The topological polar surface area (TPSA) is 65.2 Å². The molecule has 0 saturated heterocycles. The van der Waals surface area contributed by atoms with Crippen LogP contribution in [0.25, 0.3) is 10.9 Å². The molecule has 1 aromatic heterocycles. The van der Waals surface area contributed by atoms with Crippen molar-refractivity contribution in [2.75, 3.05) is 18.0 Å². The molecule has 140 valence electrons. The standard InChI is InChI=1S/C22H25N3O2/c1-15-7-6-10-21(16(15)2)25(17(3)26)14-22(27)23-12-11-18-13-24-20-9-5-4-8-19(18)20/h4-10,13,24H,11-12,14H2,1-3H3,(H,23,27). The lowest BCUT2D eigenvalue weighted by Gasteiger charge is -2.23. The quantitative estimate of drug-likeness (QED) is 0.704. The second-order valence-corrected chi connectivity index (χ2v) is 6.78. The highest BCUT2D eigenvalue weighted by atomic mass is 16.2. The second kappa shape index (κ2) is 8.08. The van der Waals surface area contributed by atoms with E-state index in [1.165, 1.54) is 22.8 Å². The number of para-hydroxylation sites is 1. The molecule has 0 atom stereocenters. The number of hydrogen-bond donors (Lipinski definition) is 2. The number of rotatable bonds is 6. The highest BCUT2D eigenvalue weighted by Gasteiger charge is 2.18. The molecule has 5 heteroatoms. The van der Waals surface area contributed by atoms with Crippen LogP contribution >= 0.6 is 0 Å². The lowest BCUT2D eigenvalue weighted by molar-refractivity contribution is -0.123. The molecule has 0 aliphatic carbocycles. The molecule has 0 fully saturated rings. The van der Waals surface area contributed by atoms with Crippen molar-refractivity contribution in [2.45, 2.75) is 27.2 Å². The number of benzene rings is 2. The van der Waals surface area contributed by atoms with Crippen molar-refractivity contribution in [1.29, 1.82) is 0 Å². The van der Waals surface area contributed by atoms with Gasteiger partial charge < -0.3 is 15.2 Å². The van der Waals surface area contributed by atoms with Crippen LogP contribution in [0.5, 0.6) is 0 Å². The molecule has 2 amide bonds. The number of aromatic amines is 1. The van der Waals surface area contributed by atoms with Crippen LogP contribution in [0.15, 0.2) is 48.7 Å². The van der Waals surface area contributed by atoms with Gasteiger partial charge in [0.25, 0.3) is 0 Å². The van der Waals surface area contributed by atoms with E-state index in [9.17, 15) is 9.59 Å². The van der Waals surface area contributed by atoms with E-state index in [0.717, 1.165) is 28.8 Å². The largest absolute Gasteiger partial charge is 0.361 e. The number of anilines is 1. The SMILES string of the molecule is CC(=O)N(CC(=O)NCCc1c[nH]c2ccccc12)c1cccc(C)c1C. The molecule has 27 heavy (non-hydrogen) atoms. The summed E-state index contributed by atoms with van der Waals surface area (Å²) >= 11 is 0. The molecule has 0 bridgehead atoms. The number of carbonyl (C=O) groups excluding carboxylic acids is 2. The lowest BCUT2D eigenvalue weighted by atomic mass is 10.1. The number of amides is 2. The Bertz CT molecular complexity index is 975. The Hall–Kier alpha value is -3.08. The van der Waals surface area contributed by atoms with Gasteiger partial charge in [-0.3, -0.25) is 9.59 Å². The van der Waals surface area contributed by atoms with Crippen molar-refractivity contribution in [3.8, 4) is 0 Å². The second-order valence-electron chi connectivity index (χ2n) is 6.78. The first-order valence-electron chi connectivity index (χ1n) is 9.13. The van der Waals surface area contributed by atoms with Gasteiger partial charge in [0.05, 0.1) is 0 Å². The summed E-state index contributed by atoms with van der Waals surface area (Å²) in [5.74, 6) is -0.304. The third-order valence-corrected chi connectivity index (χ3v) is 4.94. The number of carbonyl (C=O) groups is 2. The zero-order chi connectivity index (χ0) is 19.4. The number of nitrogens with zero attached hydrogens (tertiary/aromatic N) is 1. The normalized spacial score (nSPS) is 10.8. The van der Waals surface area contributed by atoms with Gasteiger partial charge in [-0.2, -0.15) is 0 Å². The van der Waals surface area contributed by atoms with E-state index in [4.69, 9.17) is 0 Å². The van der Waals surface area contributed by atoms with Gasteiger partial charge in [-0.25, -0.2) is 0 Å². The number of fused-ring (bicyclic) bond motifs is 1. The van der Waals surface area contributed by atoms with Gasteiger partial charge in [0.1, 0.15) is 6.54 Å². The summed E-state index contributed by atoms with van der Waals surface area (Å²) < 4.78 is 0. The van der Waals surface area contributed by atoms with Crippen LogP contribution in [0.3, 0.4) is 0 Å². The summed E-state index contributed by atoms with van der Waals surface area (Å²) in [5.41, 5.74) is 5.16. The van der Waals surface area contributed by atoms with E-state index in [1.807, 2.05) is 56.4 Å². The first kappa shape index (κ1) is 18.7. The molecule has 0 aliphatic heterocycles. The summed E-state index contributed by atoms with van der Waals surface area (Å²) in [6.07, 6.45) is 2.72. The van der Waals surface area contributed by atoms with Crippen LogP contribution < -0.4 is 10.2 Å². The molecule has 0 aliphatic rings. The maximum atomic E-state index is 12.4. The number of nitrogens with one attached hydrogen (secondary N) is 2. The molecule has 0 unspecified atom stereocenters. The van der Waals surface area contributed by atoms with E-state index < -0.39 is 0 Å². The Balaban J connectivity index is 1.61. The van der Waals surface area contributed by atoms with Crippen molar-refractivity contribution < 1.29 is 9.59 Å². The fraction of sp³-hybridized carbons (Fsp3) is 0.273. The van der Waals surface area contributed by atoms with Gasteiger partial charge in [-0.15, -0.1) is 0 Å². The predicted molar refractivity (Wildman–Crippen MR) is 109 cm³/mol. The zero-order valence-corrected chi connectivity index (χ0v) is 16.0. The molecular formula is C22H25N3O2. The molecule has 2 N–H and O–H groups in total. The van der Waals surface area contributed by atoms with Crippen LogP contribution in [0.2, 0.25) is 0 Å². The molecule has 3 aromatic rings. The van der Waals surface area contributed by atoms with Gasteiger partial charge >= 0.3 is 0 Å². The van der Waals surface area contributed by atoms with E-state index in [-0.39, 0.29) is 18.4 Å². The first-order valence-corrected chi connectivity index (χ1v) is 9.13. The monoisotopic (exact) mass is 363 g/mol. The average Bonchev–Trinajstić information content (AvgIpc) is 3.05. The highest BCUT2D eigenvalue weighted by Crippen LogP contribution is 2.23. The minimum Gasteiger partial charge on any atom is -0.361 e. The van der Waals surface area contributed by atoms with Crippen LogP contribution in [-0.2, 0) is 16.0 Å². The Morgan fingerprint density at radius 1 is 1.07 bits per heavy atom. The van der Waals surface area contributed by atoms with E-state index >= 15 is 0 Å². The van der Waals surface area contributed by atoms with Crippen molar-refractivity contribution in [2.24, 2.45) is 0 Å². The Labute approximate surface area is 159 Å². The minimum atomic E-state index is -0.161. The molecule has 0 radical (unpaired) electrons. The van der Waals surface area contributed by atoms with Crippen LogP contribution in [0.1, 0.15) is 23.6 Å². The van der Waals surface area contributed by atoms with Crippen molar-refractivity contribution in [3.63, 3.8) is 0 Å². The van der Waals surface area contributed by atoms with Crippen molar-refractivity contribution in [3.05, 3.63) is 65.4 Å². The molecule has 0 saturated carbocycles. The minimum absolute atomic E-state index is 0.0213. The van der Waals surface area contributed by atoms with E-state index in [2.05, 4.69) is 16.4 Å². The number of H-pyrrole nitrogens is 1. The van der Waals surface area contributed by atoms with Crippen LogP contribution in [0, 0.1) is 13.8 Å². The summed E-state index contributed by atoms with van der Waals surface area (Å²) in [6, 6.07) is 13.9. The van der Waals surface area contributed by atoms with Gasteiger partial charge in [-0.1, -0.05) is 30.3 Å². The number of hydrogen-bond acceptors (Lipinski definition) is 2. The molecule has 0 spiro atoms. The zero-order valence-electron chi connectivity index (χ0n) is 16.0. The van der Waals surface area contributed by atoms with E-state index in [0.29, 0.717) is 6.54 Å². The summed E-state index contributed by atoms with van der Waals surface area (Å²) in [5, 5.41) is 4.10. The molecule has 1 heterocycles. The highest BCUT2D eigenvalue weighted by molar-refractivity contribution is 5.98. The fourth-order valence-electron chi connectivity index (χ4n) is 3.27. The van der Waals surface area contributed by atoms with Gasteiger partial charge in [-0.05, 0) is 49.1 Å². The maximum absolute atomic E-state index is 12.4. The van der Waals surface area contributed by atoms with Crippen molar-refractivity contribution >= 4 is 28.4 Å². The maximum Gasteiger partial charge on any atom is 0.240 e. The van der Waals surface area contributed by atoms with Crippen LogP contribution in [-0.4, -0.2) is 29.9 Å². The fourth-order valence-corrected chi connectivity index (χ4v) is 3.27.